The molecule has 7 atom stereocenters. The Labute approximate surface area is 385 Å². The minimum absolute atomic E-state index is 0.0385. The zero-order chi connectivity index (χ0) is 50.8. The molecule has 1 aromatic heterocycles. The van der Waals surface area contributed by atoms with Crippen molar-refractivity contribution in [3.63, 3.8) is 0 Å². The molecular formula is C43H60N8O16. The number of ketones is 1. The molecule has 12 N–H and O–H groups in total. The number of aliphatic carboxylic acids is 3. The average molecular weight is 945 g/mol. The van der Waals surface area contributed by atoms with E-state index in [1.807, 2.05) is 0 Å². The van der Waals surface area contributed by atoms with Crippen molar-refractivity contribution >= 4 is 65.6 Å². The summed E-state index contributed by atoms with van der Waals surface area (Å²) < 4.78 is 10.2. The Morgan fingerprint density at radius 2 is 1.40 bits per heavy atom. The zero-order valence-electron chi connectivity index (χ0n) is 38.0. The number of aromatic nitrogens is 1. The Morgan fingerprint density at radius 1 is 0.806 bits per heavy atom. The van der Waals surface area contributed by atoms with Crippen LogP contribution in [0.15, 0.2) is 41.3 Å². The number of nitrogens with zero attached hydrogens (tertiary/aromatic N) is 1. The van der Waals surface area contributed by atoms with Crippen molar-refractivity contribution < 1.29 is 77.2 Å². The third kappa shape index (κ3) is 17.6. The van der Waals surface area contributed by atoms with E-state index in [1.54, 1.807) is 65.8 Å². The number of carboxylic acids is 3. The number of aryl methyl sites for hydroxylation is 2. The molecule has 1 aromatic carbocycles. The minimum atomic E-state index is -2.39. The fourth-order valence-corrected chi connectivity index (χ4v) is 6.68. The number of nitrogens with one attached hydrogen (secondary N) is 5. The second-order valence-corrected chi connectivity index (χ2v) is 17.2. The Bertz CT molecular complexity index is 2120. The zero-order valence-corrected chi connectivity index (χ0v) is 38.0. The van der Waals surface area contributed by atoms with Crippen molar-refractivity contribution in [3.8, 4) is 0 Å². The Morgan fingerprint density at radius 3 is 1.93 bits per heavy atom. The lowest BCUT2D eigenvalue weighted by Gasteiger charge is -2.35. The van der Waals surface area contributed by atoms with Crippen molar-refractivity contribution in [1.82, 2.24) is 31.6 Å². The van der Waals surface area contributed by atoms with E-state index < -0.39 is 132 Å². The first kappa shape index (κ1) is 55.9. The number of hydrogen-bond acceptors (Lipinski definition) is 15. The molecule has 24 nitrogen and oxygen atoms in total. The summed E-state index contributed by atoms with van der Waals surface area (Å²) in [6.45, 7) is 9.84. The summed E-state index contributed by atoms with van der Waals surface area (Å²) in [4.78, 5) is 145. The average Bonchev–Trinajstić information content (AvgIpc) is 3.75. The van der Waals surface area contributed by atoms with Crippen molar-refractivity contribution in [2.24, 2.45) is 28.7 Å². The molecule has 0 spiro atoms. The maximum Gasteiger partial charge on any atom is 0.316 e. The van der Waals surface area contributed by atoms with Crippen LogP contribution in [0.2, 0.25) is 0 Å². The maximum absolute atomic E-state index is 14.4. The van der Waals surface area contributed by atoms with Crippen molar-refractivity contribution in [2.45, 2.75) is 129 Å². The Balaban J connectivity index is 2.51. The summed E-state index contributed by atoms with van der Waals surface area (Å²) in [7, 11) is 0. The van der Waals surface area contributed by atoms with E-state index in [0.717, 1.165) is 6.39 Å². The normalized spacial score (nSPS) is 14.9. The number of carbonyl (C=O) groups excluding carboxylic acids is 8. The number of benzene rings is 1. The molecule has 0 aliphatic rings. The Kier molecular flexibility index (Phi) is 21.2. The van der Waals surface area contributed by atoms with Gasteiger partial charge in [0.15, 0.2) is 6.39 Å². The number of ether oxygens (including phenoxy) is 1. The third-order valence-electron chi connectivity index (χ3n) is 10.4. The Hall–Kier alpha value is -7.24. The number of oxazole rings is 1. The van der Waals surface area contributed by atoms with E-state index in [9.17, 15) is 63.0 Å². The topological polar surface area (TPSA) is 396 Å². The lowest BCUT2D eigenvalue weighted by molar-refractivity contribution is -0.165. The van der Waals surface area contributed by atoms with Gasteiger partial charge in [0.05, 0.1) is 12.6 Å². The van der Waals surface area contributed by atoms with Gasteiger partial charge in [0.1, 0.15) is 47.7 Å². The van der Waals surface area contributed by atoms with Gasteiger partial charge in [-0.15, -0.1) is 0 Å². The first-order chi connectivity index (χ1) is 31.2. The van der Waals surface area contributed by atoms with E-state index in [1.165, 1.54) is 6.20 Å². The summed E-state index contributed by atoms with van der Waals surface area (Å²) in [6.07, 6.45) is -1.19. The van der Waals surface area contributed by atoms with Gasteiger partial charge in [-0.2, -0.15) is 0 Å². The van der Waals surface area contributed by atoms with Crippen LogP contribution in [-0.2, 0) is 70.3 Å². The van der Waals surface area contributed by atoms with E-state index in [-0.39, 0.29) is 43.8 Å². The molecule has 0 fully saturated rings. The molecule has 0 saturated heterocycles. The quantitative estimate of drug-likeness (QED) is 0.0265. The van der Waals surface area contributed by atoms with Gasteiger partial charge in [-0.3, -0.25) is 52.7 Å². The molecule has 2 rings (SSSR count). The van der Waals surface area contributed by atoms with Gasteiger partial charge < -0.3 is 62.5 Å². The molecule has 0 radical (unpaired) electrons. The number of hydrogen-bond donors (Lipinski definition) is 10. The first-order valence-electron chi connectivity index (χ1n) is 21.0. The molecule has 67 heavy (non-hydrogen) atoms. The fourth-order valence-electron chi connectivity index (χ4n) is 6.68. The predicted molar refractivity (Wildman–Crippen MR) is 231 cm³/mol. The number of carbonyl (C=O) groups is 11. The van der Waals surface area contributed by atoms with Gasteiger partial charge in [0.2, 0.25) is 29.5 Å². The van der Waals surface area contributed by atoms with Gasteiger partial charge in [-0.25, -0.2) is 4.98 Å². The highest BCUT2D eigenvalue weighted by atomic mass is 16.6. The summed E-state index contributed by atoms with van der Waals surface area (Å²) in [5.74, 6) is -14.8. The molecule has 0 aliphatic heterocycles. The number of nitrogens with two attached hydrogens (primary N) is 2. The van der Waals surface area contributed by atoms with Gasteiger partial charge >= 0.3 is 17.9 Å². The van der Waals surface area contributed by atoms with Crippen LogP contribution in [0.1, 0.15) is 90.0 Å². The van der Waals surface area contributed by atoms with Crippen LogP contribution >= 0.6 is 0 Å². The van der Waals surface area contributed by atoms with Crippen LogP contribution in [0.5, 0.6) is 0 Å². The highest BCUT2D eigenvalue weighted by Gasteiger charge is 2.44. The summed E-state index contributed by atoms with van der Waals surface area (Å²) in [5.41, 5.74) is 9.16. The van der Waals surface area contributed by atoms with Crippen molar-refractivity contribution in [1.29, 1.82) is 0 Å². The minimum Gasteiger partial charge on any atom is -0.481 e. The van der Waals surface area contributed by atoms with Gasteiger partial charge in [0, 0.05) is 32.1 Å². The molecule has 6 amide bonds. The number of carboxylic acid groups (broad SMARTS) is 3. The SMILES string of the molecule is Cc1ccccc1C[C@H](NC(=O)[C@H](CCC(=O)O)NC(=O)[C@@H](N)C(C(=O)O)C(=O)CCC(=O)O)C(=O)N[C@H](C(=O)N[C@@H](CC(C)C)C(=O)NC(CCc1cnco1)(OC=O)C(N)=O)C(C)(C)C. The van der Waals surface area contributed by atoms with E-state index in [0.29, 0.717) is 11.1 Å². The molecule has 0 bridgehead atoms. The monoisotopic (exact) mass is 944 g/mol. The molecule has 368 valence electrons. The van der Waals surface area contributed by atoms with Gasteiger partial charge in [-0.05, 0) is 42.2 Å². The van der Waals surface area contributed by atoms with Crippen LogP contribution in [0.4, 0.5) is 0 Å². The van der Waals surface area contributed by atoms with Crippen molar-refractivity contribution in [2.75, 3.05) is 0 Å². The summed E-state index contributed by atoms with van der Waals surface area (Å²) in [5, 5.41) is 40.3. The summed E-state index contributed by atoms with van der Waals surface area (Å²) in [6, 6.07) is -1.69. The molecule has 1 heterocycles. The van der Waals surface area contributed by atoms with Crippen LogP contribution in [0.25, 0.3) is 0 Å². The number of Topliss-reactive ketones (excluding diaryl/α,β-unsaturated/α-hetero) is 1. The lowest BCUT2D eigenvalue weighted by Crippen LogP contribution is -2.65. The maximum atomic E-state index is 14.4. The highest BCUT2D eigenvalue weighted by Crippen LogP contribution is 2.22. The molecule has 24 heteroatoms. The number of amides is 6. The van der Waals surface area contributed by atoms with Crippen LogP contribution in [-0.4, -0.2) is 122 Å². The largest absolute Gasteiger partial charge is 0.481 e. The van der Waals surface area contributed by atoms with Crippen molar-refractivity contribution in [3.05, 3.63) is 53.7 Å². The third-order valence-corrected chi connectivity index (χ3v) is 10.4. The second kappa shape index (κ2) is 25.5. The van der Waals surface area contributed by atoms with Crippen LogP contribution < -0.4 is 38.1 Å². The van der Waals surface area contributed by atoms with Gasteiger partial charge in [0.25, 0.3) is 18.1 Å². The smallest absolute Gasteiger partial charge is 0.316 e. The summed E-state index contributed by atoms with van der Waals surface area (Å²) >= 11 is 0. The van der Waals surface area contributed by atoms with E-state index in [4.69, 9.17) is 25.7 Å². The second-order valence-electron chi connectivity index (χ2n) is 17.2. The number of rotatable bonds is 29. The molecule has 0 aliphatic carbocycles. The molecule has 2 unspecified atom stereocenters. The van der Waals surface area contributed by atoms with Gasteiger partial charge in [-0.1, -0.05) is 58.9 Å². The van der Waals surface area contributed by atoms with E-state index in [2.05, 4.69) is 31.6 Å². The van der Waals surface area contributed by atoms with E-state index >= 15 is 0 Å². The van der Waals surface area contributed by atoms with Crippen LogP contribution in [0.3, 0.4) is 0 Å². The molecule has 0 saturated carbocycles. The standard InChI is InChI=1S/C43H60N8O16/c1-22(2)17-27(37(60)51-43(41(45)65,67-21-52)16-15-25-19-46-20-66-25)49-39(62)34(42(4,5)6)50-36(59)28(18-24-10-8-7-9-23(24)3)48-35(58)26(11-13-30(54)55)47-38(61)33(44)32(40(63)64)29(53)12-14-31(56)57/h7-10,19-22,26-28,32-34H,11-18,44H2,1-6H3,(H2,45,65)(H,47,61)(H,48,58)(H,49,62)(H,50,59)(H,51,60)(H,54,55)(H,56,57)(H,63,64)/t26-,27-,28-,32?,33-,34+,43?/m0/s1. The molecule has 2 aromatic rings. The lowest BCUT2D eigenvalue weighted by atomic mass is 9.85. The number of primary amides is 1. The first-order valence-corrected chi connectivity index (χ1v) is 21.0. The highest BCUT2D eigenvalue weighted by molar-refractivity contribution is 6.05. The molecular weight excluding hydrogens is 885 g/mol. The fraction of sp³-hybridized carbons (Fsp3) is 0.535. The van der Waals surface area contributed by atoms with Crippen LogP contribution in [0, 0.1) is 24.2 Å². The predicted octanol–water partition coefficient (Wildman–Crippen LogP) is -1.01.